The van der Waals surface area contributed by atoms with Crippen LogP contribution in [0, 0.1) is 0 Å². The Morgan fingerprint density at radius 2 is 2.15 bits per heavy atom. The van der Waals surface area contributed by atoms with Gasteiger partial charge in [0.05, 0.1) is 18.6 Å². The fraction of sp³-hybridized carbons (Fsp3) is 0.312. The van der Waals surface area contributed by atoms with Crippen molar-refractivity contribution in [1.82, 2.24) is 14.1 Å². The fourth-order valence-corrected chi connectivity index (χ4v) is 2.80. The second-order valence-electron chi connectivity index (χ2n) is 5.56. The number of aromatic nitrogens is 3. The molecule has 4 nitrogen and oxygen atoms in total. The van der Waals surface area contributed by atoms with Gasteiger partial charge in [0.25, 0.3) is 0 Å². The van der Waals surface area contributed by atoms with Crippen molar-refractivity contribution in [3.63, 3.8) is 0 Å². The summed E-state index contributed by atoms with van der Waals surface area (Å²) in [6.45, 7) is 1.45. The molecule has 0 amide bonds. The first-order valence-corrected chi connectivity index (χ1v) is 7.14. The molecular formula is C16H18N4. The van der Waals surface area contributed by atoms with E-state index in [2.05, 4.69) is 44.6 Å². The monoisotopic (exact) mass is 266 g/mol. The maximum Gasteiger partial charge on any atom is 0.0951 e. The van der Waals surface area contributed by atoms with E-state index in [-0.39, 0.29) is 0 Å². The van der Waals surface area contributed by atoms with Crippen LogP contribution in [0.2, 0.25) is 0 Å². The highest BCUT2D eigenvalue weighted by Gasteiger charge is 2.25. The van der Waals surface area contributed by atoms with Gasteiger partial charge in [-0.05, 0) is 35.9 Å². The zero-order valence-electron chi connectivity index (χ0n) is 11.4. The highest BCUT2D eigenvalue weighted by Crippen LogP contribution is 2.35. The van der Waals surface area contributed by atoms with Gasteiger partial charge in [0.15, 0.2) is 0 Å². The van der Waals surface area contributed by atoms with Crippen LogP contribution < -0.4 is 5.73 Å². The minimum absolute atomic E-state index is 0.584. The highest BCUT2D eigenvalue weighted by atomic mass is 15.1. The number of rotatable bonds is 4. The van der Waals surface area contributed by atoms with Crippen molar-refractivity contribution >= 4 is 10.9 Å². The van der Waals surface area contributed by atoms with E-state index in [4.69, 9.17) is 5.73 Å². The van der Waals surface area contributed by atoms with Gasteiger partial charge in [-0.2, -0.15) is 0 Å². The molecule has 20 heavy (non-hydrogen) atoms. The summed E-state index contributed by atoms with van der Waals surface area (Å²) in [7, 11) is 0. The number of nitrogens with zero attached hydrogens (tertiary/aromatic N) is 3. The first-order chi connectivity index (χ1) is 9.85. The molecule has 0 bridgehead atoms. The van der Waals surface area contributed by atoms with Crippen LogP contribution in [-0.2, 0) is 13.1 Å². The molecule has 0 atom stereocenters. The second kappa shape index (κ2) is 4.49. The first kappa shape index (κ1) is 11.7. The first-order valence-electron chi connectivity index (χ1n) is 7.14. The lowest BCUT2D eigenvalue weighted by molar-refractivity contribution is 0.665. The second-order valence-corrected chi connectivity index (χ2v) is 5.56. The minimum atomic E-state index is 0.584. The number of benzene rings is 1. The van der Waals surface area contributed by atoms with Crippen LogP contribution in [0.5, 0.6) is 0 Å². The van der Waals surface area contributed by atoms with E-state index in [0.29, 0.717) is 12.6 Å². The van der Waals surface area contributed by atoms with Crippen molar-refractivity contribution in [3.05, 3.63) is 54.2 Å². The van der Waals surface area contributed by atoms with Crippen LogP contribution in [-0.4, -0.2) is 14.1 Å². The van der Waals surface area contributed by atoms with E-state index < -0.39 is 0 Å². The molecule has 1 fully saturated rings. The zero-order chi connectivity index (χ0) is 13.5. The Bertz CT molecular complexity index is 749. The quantitative estimate of drug-likeness (QED) is 0.789. The van der Waals surface area contributed by atoms with Crippen LogP contribution >= 0.6 is 0 Å². The van der Waals surface area contributed by atoms with E-state index in [1.54, 1.807) is 0 Å². The van der Waals surface area contributed by atoms with Crippen LogP contribution in [0.25, 0.3) is 10.9 Å². The predicted molar refractivity (Wildman–Crippen MR) is 79.4 cm³/mol. The molecule has 2 heterocycles. The van der Waals surface area contributed by atoms with E-state index >= 15 is 0 Å². The van der Waals surface area contributed by atoms with Crippen molar-refractivity contribution in [2.24, 2.45) is 5.73 Å². The smallest absolute Gasteiger partial charge is 0.0951 e. The molecule has 4 rings (SSSR count). The summed E-state index contributed by atoms with van der Waals surface area (Å²) >= 11 is 0. The number of imidazole rings is 1. The molecule has 1 aliphatic carbocycles. The molecule has 1 aromatic carbocycles. The highest BCUT2D eigenvalue weighted by molar-refractivity contribution is 5.80. The van der Waals surface area contributed by atoms with Gasteiger partial charge in [-0.15, -0.1) is 0 Å². The number of hydrogen-bond acceptors (Lipinski definition) is 2. The van der Waals surface area contributed by atoms with Crippen LogP contribution in [0.4, 0.5) is 0 Å². The molecular weight excluding hydrogens is 248 g/mol. The maximum absolute atomic E-state index is 5.74. The Kier molecular flexibility index (Phi) is 2.63. The van der Waals surface area contributed by atoms with Crippen molar-refractivity contribution in [3.8, 4) is 0 Å². The molecule has 2 N–H and O–H groups in total. The molecule has 102 valence electrons. The van der Waals surface area contributed by atoms with Gasteiger partial charge in [-0.3, -0.25) is 0 Å². The lowest BCUT2D eigenvalue weighted by Crippen LogP contribution is -2.05. The predicted octanol–water partition coefficient (Wildman–Crippen LogP) is 2.68. The van der Waals surface area contributed by atoms with Crippen molar-refractivity contribution < 1.29 is 0 Å². The molecule has 2 aromatic heterocycles. The van der Waals surface area contributed by atoms with Gasteiger partial charge in [0.2, 0.25) is 0 Å². The largest absolute Gasteiger partial charge is 0.341 e. The SMILES string of the molecule is NCc1ccc2ccn(Cc3cncn3C3CC3)c2c1. The summed E-state index contributed by atoms with van der Waals surface area (Å²) in [4.78, 5) is 4.31. The van der Waals surface area contributed by atoms with Crippen molar-refractivity contribution in [2.75, 3.05) is 0 Å². The molecule has 0 saturated heterocycles. The van der Waals surface area contributed by atoms with Crippen molar-refractivity contribution in [2.45, 2.75) is 32.0 Å². The summed E-state index contributed by atoms with van der Waals surface area (Å²) < 4.78 is 4.60. The molecule has 3 aromatic rings. The summed E-state index contributed by atoms with van der Waals surface area (Å²) in [6.07, 6.45) is 8.66. The average molecular weight is 266 g/mol. The molecule has 1 saturated carbocycles. The lowest BCUT2D eigenvalue weighted by atomic mass is 10.1. The van der Waals surface area contributed by atoms with E-state index in [9.17, 15) is 0 Å². The standard InChI is InChI=1S/C16H18N4/c17-8-12-1-2-13-5-6-19(16(13)7-12)10-15-9-18-11-20(15)14-3-4-14/h1-2,5-7,9,11,14H,3-4,8,10,17H2. The van der Waals surface area contributed by atoms with Gasteiger partial charge >= 0.3 is 0 Å². The number of hydrogen-bond donors (Lipinski definition) is 1. The minimum Gasteiger partial charge on any atom is -0.341 e. The Morgan fingerprint density at radius 3 is 2.95 bits per heavy atom. The van der Waals surface area contributed by atoms with E-state index in [1.165, 1.54) is 35.0 Å². The average Bonchev–Trinajstić information content (AvgIpc) is 3.10. The van der Waals surface area contributed by atoms with Gasteiger partial charge in [0, 0.05) is 30.5 Å². The topological polar surface area (TPSA) is 48.8 Å². The summed E-state index contributed by atoms with van der Waals surface area (Å²) in [5, 5.41) is 1.26. The summed E-state index contributed by atoms with van der Waals surface area (Å²) in [5.74, 6) is 0. The third-order valence-electron chi connectivity index (χ3n) is 4.09. The van der Waals surface area contributed by atoms with Gasteiger partial charge < -0.3 is 14.9 Å². The third kappa shape index (κ3) is 1.93. The Balaban J connectivity index is 1.72. The molecule has 0 spiro atoms. The molecule has 0 aliphatic heterocycles. The molecule has 4 heteroatoms. The molecule has 1 aliphatic rings. The Hall–Kier alpha value is -2.07. The van der Waals surface area contributed by atoms with E-state index in [1.807, 2.05) is 12.5 Å². The van der Waals surface area contributed by atoms with E-state index in [0.717, 1.165) is 6.54 Å². The van der Waals surface area contributed by atoms with Crippen LogP contribution in [0.3, 0.4) is 0 Å². The van der Waals surface area contributed by atoms with Gasteiger partial charge in [0.1, 0.15) is 0 Å². The van der Waals surface area contributed by atoms with Crippen molar-refractivity contribution in [1.29, 1.82) is 0 Å². The van der Waals surface area contributed by atoms with Crippen LogP contribution in [0.15, 0.2) is 43.0 Å². The summed E-state index contributed by atoms with van der Waals surface area (Å²) in [5.41, 5.74) is 9.45. The Labute approximate surface area is 117 Å². The molecule has 0 unspecified atom stereocenters. The fourth-order valence-electron chi connectivity index (χ4n) is 2.80. The summed E-state index contributed by atoms with van der Waals surface area (Å²) in [6, 6.07) is 9.27. The number of nitrogens with two attached hydrogens (primary N) is 1. The van der Waals surface area contributed by atoms with Gasteiger partial charge in [-0.1, -0.05) is 12.1 Å². The third-order valence-corrected chi connectivity index (χ3v) is 4.09. The lowest BCUT2D eigenvalue weighted by Gasteiger charge is -2.09. The number of fused-ring (bicyclic) bond motifs is 1. The molecule has 0 radical (unpaired) electrons. The normalized spacial score (nSPS) is 15.1. The van der Waals surface area contributed by atoms with Gasteiger partial charge in [-0.25, -0.2) is 4.98 Å². The maximum atomic E-state index is 5.74. The Morgan fingerprint density at radius 1 is 1.25 bits per heavy atom. The zero-order valence-corrected chi connectivity index (χ0v) is 11.4. The van der Waals surface area contributed by atoms with Crippen LogP contribution in [0.1, 0.15) is 30.1 Å².